The van der Waals surface area contributed by atoms with Crippen LogP contribution in [0.15, 0.2) is 0 Å². The lowest BCUT2D eigenvalue weighted by atomic mass is 10.1. The first-order valence-electron chi connectivity index (χ1n) is 6.84. The summed E-state index contributed by atoms with van der Waals surface area (Å²) < 4.78 is 10.0. The van der Waals surface area contributed by atoms with E-state index in [9.17, 15) is 9.59 Å². The summed E-state index contributed by atoms with van der Waals surface area (Å²) in [5, 5.41) is 2.94. The largest absolute Gasteiger partial charge is 0.464 e. The van der Waals surface area contributed by atoms with Gasteiger partial charge in [0.05, 0.1) is 13.2 Å². The molecule has 0 aromatic heterocycles. The molecule has 0 saturated carbocycles. The second-order valence-electron chi connectivity index (χ2n) is 4.67. The zero-order valence-corrected chi connectivity index (χ0v) is 11.8. The fourth-order valence-corrected chi connectivity index (χ4v) is 2.14. The maximum absolute atomic E-state index is 11.0. The molecule has 19 heavy (non-hydrogen) atoms. The SMILES string of the molecule is CCOC(=O)COCCN1CCC(NC(C)=O)CC1. The molecule has 0 atom stereocenters. The fraction of sp³-hybridized carbons (Fsp3) is 0.846. The van der Waals surface area contributed by atoms with Gasteiger partial charge in [0.15, 0.2) is 0 Å². The molecule has 1 N–H and O–H groups in total. The number of hydrogen-bond donors (Lipinski definition) is 1. The lowest BCUT2D eigenvalue weighted by Gasteiger charge is -2.31. The zero-order chi connectivity index (χ0) is 14.1. The van der Waals surface area contributed by atoms with Gasteiger partial charge in [-0.1, -0.05) is 0 Å². The van der Waals surface area contributed by atoms with Crippen molar-refractivity contribution >= 4 is 11.9 Å². The van der Waals surface area contributed by atoms with Gasteiger partial charge in [-0.15, -0.1) is 0 Å². The predicted octanol–water partition coefficient (Wildman–Crippen LogP) is 0.167. The third-order valence-electron chi connectivity index (χ3n) is 3.07. The Labute approximate surface area is 114 Å². The Kier molecular flexibility index (Phi) is 7.43. The fourth-order valence-electron chi connectivity index (χ4n) is 2.14. The van der Waals surface area contributed by atoms with Gasteiger partial charge in [-0.05, 0) is 19.8 Å². The summed E-state index contributed by atoms with van der Waals surface area (Å²) >= 11 is 0. The summed E-state index contributed by atoms with van der Waals surface area (Å²) in [6.45, 7) is 6.99. The third-order valence-corrected chi connectivity index (χ3v) is 3.07. The topological polar surface area (TPSA) is 67.9 Å². The van der Waals surface area contributed by atoms with Crippen molar-refractivity contribution in [3.8, 4) is 0 Å². The van der Waals surface area contributed by atoms with Crippen LogP contribution in [0.1, 0.15) is 26.7 Å². The molecule has 0 aromatic rings. The van der Waals surface area contributed by atoms with Gasteiger partial charge in [0.25, 0.3) is 0 Å². The van der Waals surface area contributed by atoms with E-state index in [-0.39, 0.29) is 18.5 Å². The molecular formula is C13H24N2O4. The molecule has 0 spiro atoms. The van der Waals surface area contributed by atoms with Gasteiger partial charge in [-0.25, -0.2) is 4.79 Å². The Morgan fingerprint density at radius 2 is 2.00 bits per heavy atom. The van der Waals surface area contributed by atoms with Crippen molar-refractivity contribution in [2.24, 2.45) is 0 Å². The maximum Gasteiger partial charge on any atom is 0.332 e. The van der Waals surface area contributed by atoms with E-state index in [2.05, 4.69) is 10.2 Å². The molecule has 1 amide bonds. The summed E-state index contributed by atoms with van der Waals surface area (Å²) in [5.74, 6) is -0.275. The van der Waals surface area contributed by atoms with E-state index in [1.54, 1.807) is 13.8 Å². The lowest BCUT2D eigenvalue weighted by Crippen LogP contribution is -2.44. The second kappa shape index (κ2) is 8.87. The van der Waals surface area contributed by atoms with E-state index in [1.807, 2.05) is 0 Å². The first-order chi connectivity index (χ1) is 9.11. The van der Waals surface area contributed by atoms with Crippen LogP contribution in [0.5, 0.6) is 0 Å². The molecule has 1 aliphatic rings. The second-order valence-corrected chi connectivity index (χ2v) is 4.67. The van der Waals surface area contributed by atoms with Gasteiger partial charge < -0.3 is 19.7 Å². The van der Waals surface area contributed by atoms with Crippen LogP contribution in [-0.4, -0.2) is 62.3 Å². The van der Waals surface area contributed by atoms with Gasteiger partial charge in [0.1, 0.15) is 6.61 Å². The van der Waals surface area contributed by atoms with Crippen LogP contribution < -0.4 is 5.32 Å². The number of esters is 1. The average molecular weight is 272 g/mol. The predicted molar refractivity (Wildman–Crippen MR) is 70.7 cm³/mol. The minimum absolute atomic E-state index is 0.0240. The number of hydrogen-bond acceptors (Lipinski definition) is 5. The molecule has 1 heterocycles. The molecule has 110 valence electrons. The first-order valence-corrected chi connectivity index (χ1v) is 6.84. The summed E-state index contributed by atoms with van der Waals surface area (Å²) in [6.07, 6.45) is 1.94. The Bertz CT molecular complexity index is 288. The number of carbonyl (C=O) groups is 2. The molecule has 1 fully saturated rings. The minimum atomic E-state index is -0.313. The Morgan fingerprint density at radius 3 is 2.58 bits per heavy atom. The number of amides is 1. The zero-order valence-electron chi connectivity index (χ0n) is 11.8. The van der Waals surface area contributed by atoms with Crippen LogP contribution in [0, 0.1) is 0 Å². The summed E-state index contributed by atoms with van der Waals surface area (Å²) in [5.41, 5.74) is 0. The monoisotopic (exact) mass is 272 g/mol. The third kappa shape index (κ3) is 7.12. The summed E-state index contributed by atoms with van der Waals surface area (Å²) in [7, 11) is 0. The molecule has 6 heteroatoms. The Balaban J connectivity index is 2.03. The normalized spacial score (nSPS) is 17.2. The van der Waals surface area contributed by atoms with Gasteiger partial charge in [-0.3, -0.25) is 4.79 Å². The Morgan fingerprint density at radius 1 is 1.32 bits per heavy atom. The highest BCUT2D eigenvalue weighted by atomic mass is 16.6. The van der Waals surface area contributed by atoms with Crippen LogP contribution in [-0.2, 0) is 19.1 Å². The van der Waals surface area contributed by atoms with Crippen molar-refractivity contribution in [3.63, 3.8) is 0 Å². The molecular weight excluding hydrogens is 248 g/mol. The van der Waals surface area contributed by atoms with E-state index in [1.165, 1.54) is 0 Å². The number of ether oxygens (including phenoxy) is 2. The molecule has 0 aliphatic carbocycles. The van der Waals surface area contributed by atoms with Gasteiger partial charge >= 0.3 is 5.97 Å². The van der Waals surface area contributed by atoms with E-state index in [4.69, 9.17) is 9.47 Å². The van der Waals surface area contributed by atoms with Crippen molar-refractivity contribution in [1.82, 2.24) is 10.2 Å². The number of piperidine rings is 1. The molecule has 0 unspecified atom stereocenters. The average Bonchev–Trinajstić information content (AvgIpc) is 2.36. The van der Waals surface area contributed by atoms with E-state index >= 15 is 0 Å². The van der Waals surface area contributed by atoms with Crippen LogP contribution >= 0.6 is 0 Å². The molecule has 6 nitrogen and oxygen atoms in total. The minimum Gasteiger partial charge on any atom is -0.464 e. The maximum atomic E-state index is 11.0. The summed E-state index contributed by atoms with van der Waals surface area (Å²) in [4.78, 5) is 24.3. The highest BCUT2D eigenvalue weighted by molar-refractivity contribution is 5.73. The lowest BCUT2D eigenvalue weighted by molar-refractivity contribution is -0.148. The van der Waals surface area contributed by atoms with Gasteiger partial charge in [0, 0.05) is 32.6 Å². The number of carbonyl (C=O) groups excluding carboxylic acids is 2. The van der Waals surface area contributed by atoms with Crippen molar-refractivity contribution < 1.29 is 19.1 Å². The van der Waals surface area contributed by atoms with Crippen LogP contribution in [0.4, 0.5) is 0 Å². The molecule has 1 rings (SSSR count). The molecule has 0 aromatic carbocycles. The van der Waals surface area contributed by atoms with E-state index < -0.39 is 0 Å². The van der Waals surface area contributed by atoms with Crippen LogP contribution in [0.25, 0.3) is 0 Å². The van der Waals surface area contributed by atoms with Gasteiger partial charge in [-0.2, -0.15) is 0 Å². The number of likely N-dealkylation sites (tertiary alicyclic amines) is 1. The summed E-state index contributed by atoms with van der Waals surface area (Å²) in [6, 6.07) is 0.300. The highest BCUT2D eigenvalue weighted by Crippen LogP contribution is 2.09. The number of nitrogens with one attached hydrogen (secondary N) is 1. The Hall–Kier alpha value is -1.14. The van der Waals surface area contributed by atoms with Crippen molar-refractivity contribution in [2.45, 2.75) is 32.7 Å². The molecule has 1 aliphatic heterocycles. The first kappa shape index (κ1) is 15.9. The van der Waals surface area contributed by atoms with Crippen molar-refractivity contribution in [1.29, 1.82) is 0 Å². The highest BCUT2D eigenvalue weighted by Gasteiger charge is 2.19. The van der Waals surface area contributed by atoms with E-state index in [0.29, 0.717) is 19.3 Å². The quantitative estimate of drug-likeness (QED) is 0.528. The number of nitrogens with zero attached hydrogens (tertiary/aromatic N) is 1. The van der Waals surface area contributed by atoms with Crippen LogP contribution in [0.2, 0.25) is 0 Å². The number of rotatable bonds is 7. The standard InChI is InChI=1S/C13H24N2O4/c1-3-19-13(17)10-18-9-8-15-6-4-12(5-7-15)14-11(2)16/h12H,3-10H2,1-2H3,(H,14,16). The van der Waals surface area contributed by atoms with E-state index in [0.717, 1.165) is 32.5 Å². The smallest absolute Gasteiger partial charge is 0.332 e. The molecule has 0 bridgehead atoms. The van der Waals surface area contributed by atoms with Crippen LogP contribution in [0.3, 0.4) is 0 Å². The van der Waals surface area contributed by atoms with Crippen molar-refractivity contribution in [2.75, 3.05) is 39.5 Å². The van der Waals surface area contributed by atoms with Crippen molar-refractivity contribution in [3.05, 3.63) is 0 Å². The molecule has 0 radical (unpaired) electrons. The van der Waals surface area contributed by atoms with Gasteiger partial charge in [0.2, 0.25) is 5.91 Å². The molecule has 1 saturated heterocycles.